The fraction of sp³-hybridized carbons (Fsp3) is 0.357. The molecule has 0 N–H and O–H groups in total. The molecule has 1 aromatic carbocycles. The minimum atomic E-state index is -4.63. The van der Waals surface area contributed by atoms with Crippen LogP contribution in [-0.2, 0) is 32.7 Å². The van der Waals surface area contributed by atoms with Gasteiger partial charge in [0.1, 0.15) is 11.6 Å². The van der Waals surface area contributed by atoms with E-state index in [2.05, 4.69) is 15.1 Å². The topological polar surface area (TPSA) is 78.1 Å². The number of carbonyl (C=O) groups excluding carboxylic acids is 1. The number of rotatable bonds is 7. The van der Waals surface area contributed by atoms with Gasteiger partial charge >= 0.3 is 6.18 Å². The Morgan fingerprint density at radius 2 is 1.85 bits per heavy atom. The van der Waals surface area contributed by atoms with Crippen LogP contribution in [0, 0.1) is 0 Å². The number of imidazole rings is 1. The molecule has 11 heteroatoms. The van der Waals surface area contributed by atoms with Gasteiger partial charge in [0, 0.05) is 68.0 Å². The first-order valence-corrected chi connectivity index (χ1v) is 12.8. The lowest BCUT2D eigenvalue weighted by molar-refractivity contribution is -0.140. The maximum Gasteiger partial charge on any atom is 0.435 e. The molecule has 39 heavy (non-hydrogen) atoms. The van der Waals surface area contributed by atoms with E-state index in [1.54, 1.807) is 42.6 Å². The van der Waals surface area contributed by atoms with Gasteiger partial charge in [-0.2, -0.15) is 18.3 Å². The molecule has 4 aromatic rings. The van der Waals surface area contributed by atoms with E-state index >= 15 is 0 Å². The molecule has 0 radical (unpaired) electrons. The van der Waals surface area contributed by atoms with Crippen LogP contribution in [0.25, 0.3) is 11.1 Å². The van der Waals surface area contributed by atoms with Crippen LogP contribution in [0.1, 0.15) is 57.5 Å². The van der Waals surface area contributed by atoms with Gasteiger partial charge in [-0.05, 0) is 54.2 Å². The number of ether oxygens (including phenoxy) is 1. The predicted molar refractivity (Wildman–Crippen MR) is 136 cm³/mol. The Morgan fingerprint density at radius 1 is 1.05 bits per heavy atom. The van der Waals surface area contributed by atoms with Crippen molar-refractivity contribution in [1.29, 1.82) is 0 Å². The predicted octanol–water partition coefficient (Wildman–Crippen LogP) is 4.83. The number of fused-ring (bicyclic) bond motifs is 1. The van der Waals surface area contributed by atoms with Crippen molar-refractivity contribution in [2.24, 2.45) is 7.05 Å². The Hall–Kier alpha value is -4.15. The molecule has 1 saturated carbocycles. The normalized spacial score (nSPS) is 15.5. The minimum absolute atomic E-state index is 0.0214. The summed E-state index contributed by atoms with van der Waals surface area (Å²) in [5.74, 6) is 1.76. The number of nitrogens with zero attached hydrogens (tertiary/aromatic N) is 6. The number of halogens is 3. The SMILES string of the molecule is COc1ccnc(CN2CCc3c(cc(Cn4ccnc4C4CC4)cc3-c3cn(C)nc3C(F)(F)F)C2=O)c1. The first kappa shape index (κ1) is 25.1. The van der Waals surface area contributed by atoms with Gasteiger partial charge in [-0.1, -0.05) is 0 Å². The maximum absolute atomic E-state index is 14.0. The number of carbonyl (C=O) groups is 1. The molecule has 1 fully saturated rings. The number of amides is 1. The average molecular weight is 537 g/mol. The largest absolute Gasteiger partial charge is 0.497 e. The van der Waals surface area contributed by atoms with E-state index in [0.717, 1.165) is 24.2 Å². The van der Waals surface area contributed by atoms with Crippen LogP contribution >= 0.6 is 0 Å². The van der Waals surface area contributed by atoms with E-state index in [1.807, 2.05) is 16.8 Å². The summed E-state index contributed by atoms with van der Waals surface area (Å²) in [7, 11) is 3.03. The molecule has 0 atom stereocenters. The summed E-state index contributed by atoms with van der Waals surface area (Å²) in [4.78, 5) is 24.3. The summed E-state index contributed by atoms with van der Waals surface area (Å²) in [6.07, 6.45) is 4.54. The van der Waals surface area contributed by atoms with Crippen LogP contribution in [-0.4, -0.2) is 48.8 Å². The van der Waals surface area contributed by atoms with Crippen molar-refractivity contribution in [3.8, 4) is 16.9 Å². The maximum atomic E-state index is 14.0. The molecule has 3 aromatic heterocycles. The first-order valence-electron chi connectivity index (χ1n) is 12.8. The van der Waals surface area contributed by atoms with Crippen molar-refractivity contribution in [2.75, 3.05) is 13.7 Å². The monoisotopic (exact) mass is 536 g/mol. The molecule has 0 unspecified atom stereocenters. The Labute approximate surface area is 223 Å². The highest BCUT2D eigenvalue weighted by Crippen LogP contribution is 2.41. The second-order valence-electron chi connectivity index (χ2n) is 10.1. The Balaban J connectivity index is 1.43. The molecular formula is C28H27F3N6O2. The number of methoxy groups -OCH3 is 1. The average Bonchev–Trinajstić information content (AvgIpc) is 3.51. The van der Waals surface area contributed by atoms with Crippen LogP contribution in [0.4, 0.5) is 13.2 Å². The molecular weight excluding hydrogens is 509 g/mol. The zero-order chi connectivity index (χ0) is 27.3. The molecule has 1 amide bonds. The summed E-state index contributed by atoms with van der Waals surface area (Å²) >= 11 is 0. The number of aryl methyl sites for hydroxylation is 1. The highest BCUT2D eigenvalue weighted by molar-refractivity contribution is 5.99. The molecule has 1 aliphatic carbocycles. The molecule has 0 bridgehead atoms. The molecule has 8 nitrogen and oxygen atoms in total. The second-order valence-corrected chi connectivity index (χ2v) is 10.1. The number of hydrogen-bond acceptors (Lipinski definition) is 5. The van der Waals surface area contributed by atoms with Gasteiger partial charge in [0.05, 0.1) is 19.3 Å². The fourth-order valence-electron chi connectivity index (χ4n) is 5.31. The second kappa shape index (κ2) is 9.55. The summed E-state index contributed by atoms with van der Waals surface area (Å²) in [5, 5.41) is 3.73. The van der Waals surface area contributed by atoms with Crippen molar-refractivity contribution in [3.63, 3.8) is 0 Å². The van der Waals surface area contributed by atoms with Gasteiger partial charge in [0.15, 0.2) is 5.69 Å². The number of aromatic nitrogens is 5. The minimum Gasteiger partial charge on any atom is -0.497 e. The number of hydrogen-bond donors (Lipinski definition) is 0. The Morgan fingerprint density at radius 3 is 2.59 bits per heavy atom. The highest BCUT2D eigenvalue weighted by atomic mass is 19.4. The number of pyridine rings is 1. The van der Waals surface area contributed by atoms with Crippen LogP contribution in [0.3, 0.4) is 0 Å². The third kappa shape index (κ3) is 4.88. The van der Waals surface area contributed by atoms with Gasteiger partial charge < -0.3 is 14.2 Å². The van der Waals surface area contributed by atoms with Crippen LogP contribution in [0.15, 0.2) is 49.1 Å². The highest BCUT2D eigenvalue weighted by Gasteiger charge is 2.39. The third-order valence-electron chi connectivity index (χ3n) is 7.27. The van der Waals surface area contributed by atoms with E-state index in [4.69, 9.17) is 4.74 Å². The Bertz CT molecular complexity index is 1550. The number of alkyl halides is 3. The van der Waals surface area contributed by atoms with Gasteiger partial charge in [0.2, 0.25) is 0 Å². The third-order valence-corrected chi connectivity index (χ3v) is 7.27. The standard InChI is InChI=1S/C28H27F3N6O2/c1-35-16-24(25(34-35)28(29,30)31)22-11-17(14-36-10-8-33-26(36)18-3-4-18)12-23-21(22)6-9-37(27(23)38)15-19-13-20(39-2)5-7-32-19/h5,7-8,10-13,16,18H,3-4,6,9,14-15H2,1-2H3. The van der Waals surface area contributed by atoms with Crippen LogP contribution in [0.5, 0.6) is 5.75 Å². The number of benzene rings is 1. The van der Waals surface area contributed by atoms with Crippen molar-refractivity contribution in [3.05, 3.63) is 83.0 Å². The van der Waals surface area contributed by atoms with Gasteiger partial charge in [-0.3, -0.25) is 14.5 Å². The van der Waals surface area contributed by atoms with E-state index in [9.17, 15) is 18.0 Å². The molecule has 2 aliphatic rings. The lowest BCUT2D eigenvalue weighted by Gasteiger charge is -2.30. The Kier molecular flexibility index (Phi) is 6.16. The van der Waals surface area contributed by atoms with Gasteiger partial charge in [0.25, 0.3) is 5.91 Å². The van der Waals surface area contributed by atoms with E-state index in [1.165, 1.54) is 17.9 Å². The summed E-state index contributed by atoms with van der Waals surface area (Å²) < 4.78 is 50.5. The molecule has 1 aliphatic heterocycles. The quantitative estimate of drug-likeness (QED) is 0.338. The van der Waals surface area contributed by atoms with Crippen LogP contribution < -0.4 is 4.74 Å². The lowest BCUT2D eigenvalue weighted by atomic mass is 9.88. The van der Waals surface area contributed by atoms with Crippen molar-refractivity contribution in [2.45, 2.75) is 44.4 Å². The van der Waals surface area contributed by atoms with E-state index in [0.29, 0.717) is 53.6 Å². The fourth-order valence-corrected chi connectivity index (χ4v) is 5.31. The molecule has 202 valence electrons. The molecule has 0 spiro atoms. The van der Waals surface area contributed by atoms with Crippen molar-refractivity contribution in [1.82, 2.24) is 29.2 Å². The molecule has 0 saturated heterocycles. The van der Waals surface area contributed by atoms with E-state index < -0.39 is 11.9 Å². The summed E-state index contributed by atoms with van der Waals surface area (Å²) in [6.45, 7) is 1.02. The van der Waals surface area contributed by atoms with Crippen LogP contribution in [0.2, 0.25) is 0 Å². The van der Waals surface area contributed by atoms with Gasteiger partial charge in [-0.15, -0.1) is 0 Å². The van der Waals surface area contributed by atoms with E-state index in [-0.39, 0.29) is 18.0 Å². The molecule has 6 rings (SSSR count). The smallest absolute Gasteiger partial charge is 0.435 e. The van der Waals surface area contributed by atoms with Crippen molar-refractivity contribution < 1.29 is 22.7 Å². The van der Waals surface area contributed by atoms with Crippen molar-refractivity contribution >= 4 is 5.91 Å². The van der Waals surface area contributed by atoms with Gasteiger partial charge in [-0.25, -0.2) is 4.98 Å². The first-order chi connectivity index (χ1) is 18.7. The lowest BCUT2D eigenvalue weighted by Crippen LogP contribution is -2.37. The molecule has 4 heterocycles. The summed E-state index contributed by atoms with van der Waals surface area (Å²) in [6, 6.07) is 7.09. The zero-order valence-electron chi connectivity index (χ0n) is 21.6. The summed E-state index contributed by atoms with van der Waals surface area (Å²) in [5.41, 5.74) is 1.82. The zero-order valence-corrected chi connectivity index (χ0v) is 21.6.